The van der Waals surface area contributed by atoms with Gasteiger partial charge in [-0.3, -0.25) is 0 Å². The zero-order valence-electron chi connectivity index (χ0n) is 9.95. The number of nitrogens with one attached hydrogen (secondary N) is 1. The lowest BCUT2D eigenvalue weighted by molar-refractivity contribution is 0.355. The molecule has 0 spiro atoms. The zero-order chi connectivity index (χ0) is 11.4. The van der Waals surface area contributed by atoms with Crippen molar-refractivity contribution in [3.05, 3.63) is 18.2 Å². The van der Waals surface area contributed by atoms with Gasteiger partial charge in [0.15, 0.2) is 11.5 Å². The average Bonchev–Trinajstić information content (AvgIpc) is 3.13. The van der Waals surface area contributed by atoms with Crippen LogP contribution < -0.4 is 14.8 Å². The summed E-state index contributed by atoms with van der Waals surface area (Å²) in [5.74, 6) is 2.52. The van der Waals surface area contributed by atoms with Gasteiger partial charge < -0.3 is 14.8 Å². The highest BCUT2D eigenvalue weighted by Crippen LogP contribution is 2.33. The van der Waals surface area contributed by atoms with Crippen LogP contribution in [0.4, 0.5) is 5.69 Å². The molecule has 1 saturated carbocycles. The minimum Gasteiger partial charge on any atom is -0.493 e. The van der Waals surface area contributed by atoms with Crippen LogP contribution >= 0.6 is 0 Å². The van der Waals surface area contributed by atoms with Crippen LogP contribution in [0.1, 0.15) is 19.3 Å². The molecule has 1 aliphatic rings. The first-order chi connectivity index (χ1) is 7.83. The third-order valence-electron chi connectivity index (χ3n) is 2.96. The van der Waals surface area contributed by atoms with Crippen molar-refractivity contribution in [1.82, 2.24) is 0 Å². The van der Waals surface area contributed by atoms with E-state index in [4.69, 9.17) is 9.47 Å². The van der Waals surface area contributed by atoms with Gasteiger partial charge in [-0.25, -0.2) is 0 Å². The van der Waals surface area contributed by atoms with Gasteiger partial charge in [0.05, 0.1) is 14.2 Å². The standard InChI is InChI=1S/C13H19NO2/c1-15-12-6-5-11(9-13(12)16-2)14-8-7-10-3-4-10/h5-6,9-10,14H,3-4,7-8H2,1-2H3. The van der Waals surface area contributed by atoms with Gasteiger partial charge in [-0.15, -0.1) is 0 Å². The van der Waals surface area contributed by atoms with Crippen LogP contribution in [0.25, 0.3) is 0 Å². The molecule has 0 radical (unpaired) electrons. The Balaban J connectivity index is 1.92. The van der Waals surface area contributed by atoms with E-state index in [2.05, 4.69) is 5.32 Å². The number of anilines is 1. The monoisotopic (exact) mass is 221 g/mol. The van der Waals surface area contributed by atoms with Crippen molar-refractivity contribution in [3.8, 4) is 11.5 Å². The second kappa shape index (κ2) is 5.10. The molecule has 1 aliphatic carbocycles. The van der Waals surface area contributed by atoms with Crippen LogP contribution in [0, 0.1) is 5.92 Å². The molecule has 3 heteroatoms. The van der Waals surface area contributed by atoms with Gasteiger partial charge in [-0.05, 0) is 24.5 Å². The molecule has 0 saturated heterocycles. The number of benzene rings is 1. The van der Waals surface area contributed by atoms with Crippen LogP contribution in [0.5, 0.6) is 11.5 Å². The van der Waals surface area contributed by atoms with Crippen molar-refractivity contribution in [2.24, 2.45) is 5.92 Å². The quantitative estimate of drug-likeness (QED) is 0.801. The summed E-state index contributed by atoms with van der Waals surface area (Å²) in [6.45, 7) is 1.04. The van der Waals surface area contributed by atoms with E-state index in [1.165, 1.54) is 19.3 Å². The SMILES string of the molecule is COc1ccc(NCCC2CC2)cc1OC. The molecule has 3 nitrogen and oxygen atoms in total. The van der Waals surface area contributed by atoms with Crippen molar-refractivity contribution in [3.63, 3.8) is 0 Å². The number of methoxy groups -OCH3 is 2. The average molecular weight is 221 g/mol. The summed E-state index contributed by atoms with van der Waals surface area (Å²) in [6, 6.07) is 5.93. The van der Waals surface area contributed by atoms with Crippen LogP contribution in [0.3, 0.4) is 0 Å². The third kappa shape index (κ3) is 2.81. The van der Waals surface area contributed by atoms with Gasteiger partial charge in [-0.1, -0.05) is 12.8 Å². The first-order valence-corrected chi connectivity index (χ1v) is 5.79. The lowest BCUT2D eigenvalue weighted by Crippen LogP contribution is -2.02. The van der Waals surface area contributed by atoms with Crippen LogP contribution in [-0.4, -0.2) is 20.8 Å². The molecule has 1 N–H and O–H groups in total. The molecule has 1 aromatic rings. The Morgan fingerprint density at radius 1 is 1.19 bits per heavy atom. The van der Waals surface area contributed by atoms with Crippen molar-refractivity contribution in [1.29, 1.82) is 0 Å². The van der Waals surface area contributed by atoms with Gasteiger partial charge in [0.2, 0.25) is 0 Å². The molecule has 0 atom stereocenters. The Bertz CT molecular complexity index is 348. The zero-order valence-corrected chi connectivity index (χ0v) is 9.95. The fourth-order valence-corrected chi connectivity index (χ4v) is 1.77. The molecule has 0 aromatic heterocycles. The molecule has 0 unspecified atom stereocenters. The Morgan fingerprint density at radius 3 is 2.56 bits per heavy atom. The second-order valence-corrected chi connectivity index (χ2v) is 4.23. The third-order valence-corrected chi connectivity index (χ3v) is 2.96. The number of hydrogen-bond acceptors (Lipinski definition) is 3. The largest absolute Gasteiger partial charge is 0.493 e. The lowest BCUT2D eigenvalue weighted by Gasteiger charge is -2.11. The lowest BCUT2D eigenvalue weighted by atomic mass is 10.2. The summed E-state index contributed by atoms with van der Waals surface area (Å²) >= 11 is 0. The van der Waals surface area contributed by atoms with Gasteiger partial charge in [0.25, 0.3) is 0 Å². The first-order valence-electron chi connectivity index (χ1n) is 5.79. The highest BCUT2D eigenvalue weighted by Gasteiger charge is 2.20. The summed E-state index contributed by atoms with van der Waals surface area (Å²) in [5.41, 5.74) is 1.10. The van der Waals surface area contributed by atoms with E-state index in [0.717, 1.165) is 29.6 Å². The molecule has 1 fully saturated rings. The molecule has 0 heterocycles. The molecule has 2 rings (SSSR count). The van der Waals surface area contributed by atoms with Crippen LogP contribution in [-0.2, 0) is 0 Å². The van der Waals surface area contributed by atoms with Gasteiger partial charge in [-0.2, -0.15) is 0 Å². The Kier molecular flexibility index (Phi) is 3.54. The Hall–Kier alpha value is -1.38. The molecular formula is C13H19NO2. The minimum atomic E-state index is 0.773. The fourth-order valence-electron chi connectivity index (χ4n) is 1.77. The molecule has 88 valence electrons. The Labute approximate surface area is 96.8 Å². The summed E-state index contributed by atoms with van der Waals surface area (Å²) in [5, 5.41) is 3.41. The van der Waals surface area contributed by atoms with Crippen molar-refractivity contribution < 1.29 is 9.47 Å². The maximum absolute atomic E-state index is 5.25. The summed E-state index contributed by atoms with van der Waals surface area (Å²) in [4.78, 5) is 0. The molecule has 0 aliphatic heterocycles. The van der Waals surface area contributed by atoms with Crippen LogP contribution in [0.15, 0.2) is 18.2 Å². The van der Waals surface area contributed by atoms with E-state index < -0.39 is 0 Å². The van der Waals surface area contributed by atoms with Gasteiger partial charge in [0.1, 0.15) is 0 Å². The van der Waals surface area contributed by atoms with E-state index in [1.54, 1.807) is 14.2 Å². The van der Waals surface area contributed by atoms with E-state index >= 15 is 0 Å². The predicted octanol–water partition coefficient (Wildman–Crippen LogP) is 2.92. The van der Waals surface area contributed by atoms with Crippen LogP contribution in [0.2, 0.25) is 0 Å². The van der Waals surface area contributed by atoms with E-state index in [9.17, 15) is 0 Å². The topological polar surface area (TPSA) is 30.5 Å². The molecule has 1 aromatic carbocycles. The summed E-state index contributed by atoms with van der Waals surface area (Å²) < 4.78 is 10.4. The highest BCUT2D eigenvalue weighted by molar-refractivity contribution is 5.54. The normalized spacial score (nSPS) is 14.6. The predicted molar refractivity (Wildman–Crippen MR) is 65.4 cm³/mol. The summed E-state index contributed by atoms with van der Waals surface area (Å²) in [6.07, 6.45) is 4.09. The van der Waals surface area contributed by atoms with Crippen molar-refractivity contribution in [2.75, 3.05) is 26.1 Å². The first kappa shape index (κ1) is 11.1. The number of rotatable bonds is 6. The van der Waals surface area contributed by atoms with E-state index in [0.29, 0.717) is 0 Å². The smallest absolute Gasteiger partial charge is 0.162 e. The molecule has 0 bridgehead atoms. The minimum absolute atomic E-state index is 0.773. The highest BCUT2D eigenvalue weighted by atomic mass is 16.5. The second-order valence-electron chi connectivity index (χ2n) is 4.23. The van der Waals surface area contributed by atoms with Crippen molar-refractivity contribution >= 4 is 5.69 Å². The van der Waals surface area contributed by atoms with Crippen molar-refractivity contribution in [2.45, 2.75) is 19.3 Å². The maximum atomic E-state index is 5.25. The number of hydrogen-bond donors (Lipinski definition) is 1. The molecular weight excluding hydrogens is 202 g/mol. The number of ether oxygens (including phenoxy) is 2. The van der Waals surface area contributed by atoms with E-state index in [-0.39, 0.29) is 0 Å². The Morgan fingerprint density at radius 2 is 1.94 bits per heavy atom. The van der Waals surface area contributed by atoms with Gasteiger partial charge >= 0.3 is 0 Å². The fraction of sp³-hybridized carbons (Fsp3) is 0.538. The maximum Gasteiger partial charge on any atom is 0.162 e. The van der Waals surface area contributed by atoms with E-state index in [1.807, 2.05) is 18.2 Å². The molecule has 16 heavy (non-hydrogen) atoms. The summed E-state index contributed by atoms with van der Waals surface area (Å²) in [7, 11) is 3.31. The van der Waals surface area contributed by atoms with Gasteiger partial charge in [0, 0.05) is 18.3 Å². The molecule has 0 amide bonds.